The summed E-state index contributed by atoms with van der Waals surface area (Å²) in [5, 5.41) is 11.7. The quantitative estimate of drug-likeness (QED) is 0.496. The van der Waals surface area contributed by atoms with Crippen molar-refractivity contribution in [2.45, 2.75) is 13.3 Å². The van der Waals surface area contributed by atoms with Crippen LogP contribution in [0.5, 0.6) is 0 Å². The van der Waals surface area contributed by atoms with Crippen molar-refractivity contribution in [1.82, 2.24) is 9.88 Å². The number of benzene rings is 2. The third kappa shape index (κ3) is 3.55. The van der Waals surface area contributed by atoms with Crippen molar-refractivity contribution in [3.63, 3.8) is 0 Å². The molecule has 0 N–H and O–H groups in total. The van der Waals surface area contributed by atoms with Crippen molar-refractivity contribution in [3.05, 3.63) is 63.7 Å². The first kappa shape index (κ1) is 18.4. The molecule has 0 unspecified atom stereocenters. The van der Waals surface area contributed by atoms with Gasteiger partial charge >= 0.3 is 0 Å². The van der Waals surface area contributed by atoms with Crippen LogP contribution in [0.15, 0.2) is 42.5 Å². The first-order valence-corrected chi connectivity index (χ1v) is 10.0. The number of amides is 1. The number of fused-ring (bicyclic) bond motifs is 1. The van der Waals surface area contributed by atoms with E-state index in [2.05, 4.69) is 30.0 Å². The molecule has 0 radical (unpaired) electrons. The number of carbonyl (C=O) groups is 1. The molecule has 28 heavy (non-hydrogen) atoms. The molecule has 1 aliphatic heterocycles. The smallest absolute Gasteiger partial charge is 0.269 e. The Morgan fingerprint density at radius 2 is 1.86 bits per heavy atom. The number of aromatic nitrogens is 1. The van der Waals surface area contributed by atoms with Crippen LogP contribution >= 0.6 is 11.3 Å². The van der Waals surface area contributed by atoms with E-state index in [1.54, 1.807) is 16.2 Å². The summed E-state index contributed by atoms with van der Waals surface area (Å²) in [6.07, 6.45) is 1.01. The number of thiazole rings is 1. The van der Waals surface area contributed by atoms with Crippen LogP contribution in [0.25, 0.3) is 10.2 Å². The van der Waals surface area contributed by atoms with E-state index >= 15 is 0 Å². The molecule has 0 spiro atoms. The van der Waals surface area contributed by atoms with Crippen LogP contribution in [0, 0.1) is 10.1 Å². The Kier molecular flexibility index (Phi) is 4.95. The average molecular weight is 396 g/mol. The summed E-state index contributed by atoms with van der Waals surface area (Å²) in [6.45, 7) is 4.79. The number of nitro groups is 1. The van der Waals surface area contributed by atoms with Gasteiger partial charge in [0.1, 0.15) is 0 Å². The molecule has 0 atom stereocenters. The van der Waals surface area contributed by atoms with Gasteiger partial charge in [-0.1, -0.05) is 24.3 Å². The van der Waals surface area contributed by atoms with E-state index in [0.717, 1.165) is 30.2 Å². The minimum absolute atomic E-state index is 0.0107. The Bertz CT molecular complexity index is 1020. The zero-order valence-electron chi connectivity index (χ0n) is 15.5. The lowest BCUT2D eigenvalue weighted by Gasteiger charge is -2.34. The summed E-state index contributed by atoms with van der Waals surface area (Å²) >= 11 is 1.69. The maximum atomic E-state index is 12.7. The van der Waals surface area contributed by atoms with Crippen molar-refractivity contribution >= 4 is 38.3 Å². The van der Waals surface area contributed by atoms with Gasteiger partial charge in [-0.05, 0) is 36.2 Å². The molecule has 3 aromatic rings. The van der Waals surface area contributed by atoms with Crippen LogP contribution in [0.1, 0.15) is 22.8 Å². The number of rotatable bonds is 4. The Balaban J connectivity index is 1.42. The first-order chi connectivity index (χ1) is 13.5. The second-order valence-corrected chi connectivity index (χ2v) is 7.74. The zero-order chi connectivity index (χ0) is 19.7. The number of carbonyl (C=O) groups excluding carboxylic acids is 1. The van der Waals surface area contributed by atoms with E-state index in [4.69, 9.17) is 4.98 Å². The molecular formula is C20H20N4O3S. The van der Waals surface area contributed by atoms with Gasteiger partial charge < -0.3 is 9.80 Å². The third-order valence-corrected chi connectivity index (χ3v) is 6.09. The summed E-state index contributed by atoms with van der Waals surface area (Å²) in [4.78, 5) is 31.7. The molecule has 1 fully saturated rings. The van der Waals surface area contributed by atoms with E-state index in [-0.39, 0.29) is 11.6 Å². The van der Waals surface area contributed by atoms with Crippen LogP contribution in [0.3, 0.4) is 0 Å². The fraction of sp³-hybridized carbons (Fsp3) is 0.300. The molecule has 0 aliphatic carbocycles. The molecular weight excluding hydrogens is 376 g/mol. The molecule has 7 nitrogen and oxygen atoms in total. The number of non-ortho nitro benzene ring substituents is 1. The van der Waals surface area contributed by atoms with Crippen molar-refractivity contribution in [1.29, 1.82) is 0 Å². The van der Waals surface area contributed by atoms with Crippen molar-refractivity contribution in [2.75, 3.05) is 31.1 Å². The SMILES string of the molecule is CCc1ccc2nc(N3CCN(C(=O)c4ccc([N+](=O)[O-])cc4)CC3)sc2c1. The topological polar surface area (TPSA) is 79.6 Å². The Hall–Kier alpha value is -3.00. The average Bonchev–Trinajstić information content (AvgIpc) is 3.16. The third-order valence-electron chi connectivity index (χ3n) is 5.01. The first-order valence-electron chi connectivity index (χ1n) is 9.23. The number of hydrogen-bond donors (Lipinski definition) is 0. The second-order valence-electron chi connectivity index (χ2n) is 6.74. The van der Waals surface area contributed by atoms with Crippen molar-refractivity contribution in [3.8, 4) is 0 Å². The van der Waals surface area contributed by atoms with Gasteiger partial charge in [0, 0.05) is 43.9 Å². The van der Waals surface area contributed by atoms with Crippen molar-refractivity contribution < 1.29 is 9.72 Å². The molecule has 1 saturated heterocycles. The lowest BCUT2D eigenvalue weighted by molar-refractivity contribution is -0.384. The molecule has 2 heterocycles. The Morgan fingerprint density at radius 1 is 1.14 bits per heavy atom. The summed E-state index contributed by atoms with van der Waals surface area (Å²) in [5.41, 5.74) is 2.79. The minimum Gasteiger partial charge on any atom is -0.345 e. The maximum Gasteiger partial charge on any atom is 0.269 e. The van der Waals surface area contributed by atoms with Gasteiger partial charge in [-0.2, -0.15) is 0 Å². The summed E-state index contributed by atoms with van der Waals surface area (Å²) < 4.78 is 1.19. The molecule has 4 rings (SSSR count). The number of anilines is 1. The van der Waals surface area contributed by atoms with E-state index in [9.17, 15) is 14.9 Å². The van der Waals surface area contributed by atoms with Gasteiger partial charge in [-0.25, -0.2) is 4.98 Å². The summed E-state index contributed by atoms with van der Waals surface area (Å²) in [5.74, 6) is -0.0913. The number of aryl methyl sites for hydroxylation is 1. The van der Waals surface area contributed by atoms with Crippen LogP contribution in [-0.4, -0.2) is 46.9 Å². The van der Waals surface area contributed by atoms with E-state index < -0.39 is 4.92 Å². The second kappa shape index (κ2) is 7.55. The van der Waals surface area contributed by atoms with Crippen LogP contribution in [-0.2, 0) is 6.42 Å². The van der Waals surface area contributed by atoms with Crippen LogP contribution in [0.4, 0.5) is 10.8 Å². The fourth-order valence-corrected chi connectivity index (χ4v) is 4.40. The number of nitrogens with zero attached hydrogens (tertiary/aromatic N) is 4. The molecule has 2 aromatic carbocycles. The molecule has 1 aromatic heterocycles. The van der Waals surface area contributed by atoms with Gasteiger partial charge in [0.2, 0.25) is 0 Å². The lowest BCUT2D eigenvalue weighted by Crippen LogP contribution is -2.48. The monoisotopic (exact) mass is 396 g/mol. The summed E-state index contributed by atoms with van der Waals surface area (Å²) in [6, 6.07) is 12.2. The van der Waals surface area contributed by atoms with Gasteiger partial charge in [0.05, 0.1) is 15.1 Å². The maximum absolute atomic E-state index is 12.7. The zero-order valence-corrected chi connectivity index (χ0v) is 16.3. The van der Waals surface area contributed by atoms with Crippen molar-refractivity contribution in [2.24, 2.45) is 0 Å². The highest BCUT2D eigenvalue weighted by Gasteiger charge is 2.24. The van der Waals surface area contributed by atoms with Gasteiger partial charge in [-0.3, -0.25) is 14.9 Å². The van der Waals surface area contributed by atoms with Gasteiger partial charge in [0.25, 0.3) is 11.6 Å². The van der Waals surface area contributed by atoms with Gasteiger partial charge in [0.15, 0.2) is 5.13 Å². The largest absolute Gasteiger partial charge is 0.345 e. The number of hydrogen-bond acceptors (Lipinski definition) is 6. The molecule has 1 aliphatic rings. The van der Waals surface area contributed by atoms with Gasteiger partial charge in [-0.15, -0.1) is 0 Å². The molecule has 0 bridgehead atoms. The standard InChI is InChI=1S/C20H20N4O3S/c1-2-14-3-8-17-18(13-14)28-20(21-17)23-11-9-22(10-12-23)19(25)15-4-6-16(7-5-15)24(26)27/h3-8,13H,2,9-12H2,1H3. The predicted octanol–water partition coefficient (Wildman–Crippen LogP) is 3.73. The van der Waals surface area contributed by atoms with E-state index in [0.29, 0.717) is 18.7 Å². The van der Waals surface area contributed by atoms with Crippen LogP contribution in [0.2, 0.25) is 0 Å². The Labute approximate surface area is 166 Å². The number of nitro benzene ring substituents is 1. The molecule has 8 heteroatoms. The summed E-state index contributed by atoms with van der Waals surface area (Å²) in [7, 11) is 0. The predicted molar refractivity (Wildman–Crippen MR) is 110 cm³/mol. The lowest BCUT2D eigenvalue weighted by atomic mass is 10.1. The fourth-order valence-electron chi connectivity index (χ4n) is 3.32. The normalized spacial score (nSPS) is 14.5. The highest BCUT2D eigenvalue weighted by atomic mass is 32.1. The number of piperazine rings is 1. The molecule has 1 amide bonds. The van der Waals surface area contributed by atoms with E-state index in [1.165, 1.54) is 34.5 Å². The molecule has 0 saturated carbocycles. The minimum atomic E-state index is -0.464. The highest BCUT2D eigenvalue weighted by Crippen LogP contribution is 2.30. The molecule has 144 valence electrons. The highest BCUT2D eigenvalue weighted by molar-refractivity contribution is 7.22. The Morgan fingerprint density at radius 3 is 2.50 bits per heavy atom. The van der Waals surface area contributed by atoms with Crippen LogP contribution < -0.4 is 4.90 Å². The van der Waals surface area contributed by atoms with E-state index in [1.807, 2.05) is 0 Å².